The summed E-state index contributed by atoms with van der Waals surface area (Å²) in [4.78, 5) is 16.5. The van der Waals surface area contributed by atoms with E-state index < -0.39 is 11.5 Å². The molecule has 2 N–H and O–H groups in total. The number of nitriles is 1. The van der Waals surface area contributed by atoms with Gasteiger partial charge in [-0.3, -0.25) is 4.98 Å². The molecule has 1 atom stereocenters. The zero-order valence-corrected chi connectivity index (χ0v) is 16.9. The number of hydrogen-bond donors (Lipinski definition) is 2. The maximum atomic E-state index is 12.5. The van der Waals surface area contributed by atoms with E-state index in [1.54, 1.807) is 54.9 Å². The monoisotopic (exact) mass is 401 g/mol. The summed E-state index contributed by atoms with van der Waals surface area (Å²) >= 11 is 0. The number of pyridine rings is 1. The van der Waals surface area contributed by atoms with Crippen molar-refractivity contribution in [2.24, 2.45) is 0 Å². The number of carboxylic acids is 1. The number of ether oxygens (including phenoxy) is 1. The van der Waals surface area contributed by atoms with Crippen LogP contribution in [0.1, 0.15) is 37.0 Å². The molecule has 2 aromatic carbocycles. The standard InChI is InChI=1S/C24H23N3O3/c1-3-17-12-19(14-22(13-17)30-21-6-5-11-26-16-21)24(4-2,23(28)29)27-20-9-7-18(15-25)8-10-20/h5-14,16,27H,3-4H2,1-2H3,(H,28,29). The first kappa shape index (κ1) is 20.9. The normalized spacial score (nSPS) is 12.4. The fourth-order valence-corrected chi connectivity index (χ4v) is 3.28. The van der Waals surface area contributed by atoms with E-state index in [4.69, 9.17) is 10.00 Å². The lowest BCUT2D eigenvalue weighted by molar-refractivity contribution is -0.142. The number of aryl methyl sites for hydroxylation is 1. The van der Waals surface area contributed by atoms with Crippen LogP contribution in [0.15, 0.2) is 67.0 Å². The second-order valence-corrected chi connectivity index (χ2v) is 6.89. The third-order valence-corrected chi connectivity index (χ3v) is 5.00. The largest absolute Gasteiger partial charge is 0.479 e. The van der Waals surface area contributed by atoms with Crippen molar-refractivity contribution < 1.29 is 14.6 Å². The summed E-state index contributed by atoms with van der Waals surface area (Å²) in [6, 6.07) is 17.9. The van der Waals surface area contributed by atoms with E-state index in [0.29, 0.717) is 34.7 Å². The Hall–Kier alpha value is -3.85. The molecule has 0 saturated heterocycles. The van der Waals surface area contributed by atoms with E-state index in [1.807, 2.05) is 26.0 Å². The summed E-state index contributed by atoms with van der Waals surface area (Å²) in [5.41, 5.74) is 1.34. The van der Waals surface area contributed by atoms with Crippen LogP contribution in [0.2, 0.25) is 0 Å². The molecule has 0 fully saturated rings. The second kappa shape index (κ2) is 9.10. The molecule has 3 rings (SSSR count). The minimum Gasteiger partial charge on any atom is -0.479 e. The van der Waals surface area contributed by atoms with Crippen LogP contribution in [0.4, 0.5) is 5.69 Å². The van der Waals surface area contributed by atoms with E-state index >= 15 is 0 Å². The molecule has 0 radical (unpaired) electrons. The summed E-state index contributed by atoms with van der Waals surface area (Å²) in [6.07, 6.45) is 4.31. The number of carbonyl (C=O) groups is 1. The Kier molecular flexibility index (Phi) is 6.33. The molecule has 6 nitrogen and oxygen atoms in total. The van der Waals surface area contributed by atoms with E-state index in [-0.39, 0.29) is 0 Å². The number of nitrogens with one attached hydrogen (secondary N) is 1. The molecule has 30 heavy (non-hydrogen) atoms. The van der Waals surface area contributed by atoms with Crippen LogP contribution in [0.3, 0.4) is 0 Å². The number of anilines is 1. The number of rotatable bonds is 8. The third-order valence-electron chi connectivity index (χ3n) is 5.00. The molecule has 1 heterocycles. The lowest BCUT2D eigenvalue weighted by Gasteiger charge is -2.32. The van der Waals surface area contributed by atoms with Crippen molar-refractivity contribution in [3.63, 3.8) is 0 Å². The number of benzene rings is 2. The molecule has 0 spiro atoms. The molecule has 1 aromatic heterocycles. The molecular formula is C24H23N3O3. The summed E-state index contributed by atoms with van der Waals surface area (Å²) in [6.45, 7) is 3.83. The summed E-state index contributed by atoms with van der Waals surface area (Å²) in [5, 5.41) is 22.4. The van der Waals surface area contributed by atoms with Gasteiger partial charge in [-0.15, -0.1) is 0 Å². The van der Waals surface area contributed by atoms with Crippen LogP contribution >= 0.6 is 0 Å². The van der Waals surface area contributed by atoms with Gasteiger partial charge in [-0.2, -0.15) is 5.26 Å². The quantitative estimate of drug-likeness (QED) is 0.545. The Morgan fingerprint density at radius 2 is 1.93 bits per heavy atom. The molecule has 0 aliphatic carbocycles. The van der Waals surface area contributed by atoms with Crippen molar-refractivity contribution in [1.29, 1.82) is 5.26 Å². The predicted octanol–water partition coefficient (Wildman–Crippen LogP) is 5.11. The number of aromatic nitrogens is 1. The van der Waals surface area contributed by atoms with Crippen molar-refractivity contribution in [3.8, 4) is 17.6 Å². The van der Waals surface area contributed by atoms with E-state index in [1.165, 1.54) is 0 Å². The number of nitrogens with zero attached hydrogens (tertiary/aromatic N) is 2. The lowest BCUT2D eigenvalue weighted by Crippen LogP contribution is -2.43. The van der Waals surface area contributed by atoms with Gasteiger partial charge in [-0.05, 0) is 72.5 Å². The van der Waals surface area contributed by atoms with Crippen LogP contribution in [0, 0.1) is 11.3 Å². The Labute approximate surface area is 175 Å². The number of aliphatic carboxylic acids is 1. The van der Waals surface area contributed by atoms with Crippen LogP contribution < -0.4 is 10.1 Å². The van der Waals surface area contributed by atoms with Crippen molar-refractivity contribution in [1.82, 2.24) is 4.98 Å². The lowest BCUT2D eigenvalue weighted by atomic mass is 9.85. The van der Waals surface area contributed by atoms with Gasteiger partial charge in [0.2, 0.25) is 0 Å². The van der Waals surface area contributed by atoms with Crippen molar-refractivity contribution >= 4 is 11.7 Å². The summed E-state index contributed by atoms with van der Waals surface area (Å²) in [5.74, 6) is 0.141. The Balaban J connectivity index is 2.05. The zero-order valence-electron chi connectivity index (χ0n) is 16.9. The highest BCUT2D eigenvalue weighted by Gasteiger charge is 2.39. The third kappa shape index (κ3) is 4.41. The van der Waals surface area contributed by atoms with Gasteiger partial charge in [0.25, 0.3) is 0 Å². The van der Waals surface area contributed by atoms with Crippen LogP contribution in [0.5, 0.6) is 11.5 Å². The van der Waals surface area contributed by atoms with Crippen LogP contribution in [-0.2, 0) is 16.8 Å². The molecule has 0 aliphatic rings. The predicted molar refractivity (Wildman–Crippen MR) is 115 cm³/mol. The average molecular weight is 401 g/mol. The molecule has 0 amide bonds. The fourth-order valence-electron chi connectivity index (χ4n) is 3.28. The van der Waals surface area contributed by atoms with Crippen molar-refractivity contribution in [3.05, 3.63) is 83.7 Å². The van der Waals surface area contributed by atoms with Crippen LogP contribution in [-0.4, -0.2) is 16.1 Å². The summed E-state index contributed by atoms with van der Waals surface area (Å²) < 4.78 is 5.94. The summed E-state index contributed by atoms with van der Waals surface area (Å²) in [7, 11) is 0. The average Bonchev–Trinajstić information content (AvgIpc) is 2.78. The van der Waals surface area contributed by atoms with Gasteiger partial charge >= 0.3 is 5.97 Å². The first-order chi connectivity index (χ1) is 14.5. The molecule has 3 aromatic rings. The van der Waals surface area contributed by atoms with Gasteiger partial charge in [-0.25, -0.2) is 4.79 Å². The highest BCUT2D eigenvalue weighted by atomic mass is 16.5. The van der Waals surface area contributed by atoms with E-state index in [2.05, 4.69) is 16.4 Å². The molecule has 0 bridgehead atoms. The maximum Gasteiger partial charge on any atom is 0.334 e. The molecular weight excluding hydrogens is 378 g/mol. The van der Waals surface area contributed by atoms with Crippen molar-refractivity contribution in [2.45, 2.75) is 32.2 Å². The topological polar surface area (TPSA) is 95.2 Å². The molecule has 0 saturated carbocycles. The van der Waals surface area contributed by atoms with Gasteiger partial charge in [-0.1, -0.05) is 19.9 Å². The molecule has 0 aliphatic heterocycles. The smallest absolute Gasteiger partial charge is 0.334 e. The highest BCUT2D eigenvalue weighted by molar-refractivity contribution is 5.85. The fraction of sp³-hybridized carbons (Fsp3) is 0.208. The van der Waals surface area contributed by atoms with Gasteiger partial charge in [0.15, 0.2) is 5.54 Å². The molecule has 152 valence electrons. The highest BCUT2D eigenvalue weighted by Crippen LogP contribution is 2.35. The Bertz CT molecular complexity index is 1060. The van der Waals surface area contributed by atoms with Gasteiger partial charge in [0.05, 0.1) is 17.8 Å². The van der Waals surface area contributed by atoms with Crippen molar-refractivity contribution in [2.75, 3.05) is 5.32 Å². The Morgan fingerprint density at radius 3 is 2.50 bits per heavy atom. The van der Waals surface area contributed by atoms with Crippen LogP contribution in [0.25, 0.3) is 0 Å². The SMILES string of the molecule is CCc1cc(Oc2cccnc2)cc(C(CC)(Nc2ccc(C#N)cc2)C(=O)O)c1. The first-order valence-electron chi connectivity index (χ1n) is 9.74. The number of carboxylic acid groups (broad SMARTS) is 1. The Morgan fingerprint density at radius 1 is 1.17 bits per heavy atom. The zero-order chi connectivity index (χ0) is 21.6. The maximum absolute atomic E-state index is 12.5. The van der Waals surface area contributed by atoms with E-state index in [0.717, 1.165) is 12.0 Å². The minimum absolute atomic E-state index is 0.307. The van der Waals surface area contributed by atoms with Gasteiger partial charge < -0.3 is 15.2 Å². The van der Waals surface area contributed by atoms with Gasteiger partial charge in [0, 0.05) is 11.9 Å². The minimum atomic E-state index is -1.35. The second-order valence-electron chi connectivity index (χ2n) is 6.89. The van der Waals surface area contributed by atoms with Gasteiger partial charge in [0.1, 0.15) is 11.5 Å². The molecule has 6 heteroatoms. The molecule has 1 unspecified atom stereocenters. The first-order valence-corrected chi connectivity index (χ1v) is 9.74. The van der Waals surface area contributed by atoms with E-state index in [9.17, 15) is 9.90 Å². The number of hydrogen-bond acceptors (Lipinski definition) is 5.